The normalized spacial score (nSPS) is 9.95. The maximum absolute atomic E-state index is 4.54. The Hall–Kier alpha value is -1.90. The minimum absolute atomic E-state index is 0.623. The lowest BCUT2D eigenvalue weighted by Crippen LogP contribution is -1.89. The van der Waals surface area contributed by atoms with Gasteiger partial charge in [0.25, 0.3) is 0 Å². The number of benzene rings is 1. The highest BCUT2D eigenvalue weighted by Crippen LogP contribution is 2.18. The van der Waals surface area contributed by atoms with Gasteiger partial charge in [-0.2, -0.15) is 4.99 Å². The summed E-state index contributed by atoms with van der Waals surface area (Å²) < 4.78 is 0. The van der Waals surface area contributed by atoms with Crippen LogP contribution in [-0.4, -0.2) is 15.1 Å². The highest BCUT2D eigenvalue weighted by molar-refractivity contribution is 7.78. The first-order chi connectivity index (χ1) is 9.33. The molecule has 0 radical (unpaired) electrons. The van der Waals surface area contributed by atoms with Crippen LogP contribution >= 0.6 is 12.2 Å². The summed E-state index contributed by atoms with van der Waals surface area (Å²) in [6, 6.07) is 8.39. The maximum Gasteiger partial charge on any atom is 0.159 e. The second kappa shape index (κ2) is 6.88. The summed E-state index contributed by atoms with van der Waals surface area (Å²) in [6.07, 6.45) is 6.85. The summed E-state index contributed by atoms with van der Waals surface area (Å²) in [5, 5.41) is 2.30. The summed E-state index contributed by atoms with van der Waals surface area (Å²) >= 11 is 4.54. The van der Waals surface area contributed by atoms with E-state index < -0.39 is 0 Å². The summed E-state index contributed by atoms with van der Waals surface area (Å²) in [7, 11) is 0. The zero-order valence-electron chi connectivity index (χ0n) is 10.8. The highest BCUT2D eigenvalue weighted by atomic mass is 32.1. The molecular formula is C15H15N3S. The van der Waals surface area contributed by atoms with E-state index in [1.54, 1.807) is 12.4 Å². The standard InChI is InChI=1S/C15H15N3S/c1-2-3-4-12-5-7-13(8-6-12)15-16-9-14(10-17-15)18-11-19/h5-10H,2-4H2,1H3. The molecule has 0 N–H and O–H groups in total. The van der Waals surface area contributed by atoms with Crippen molar-refractivity contribution in [3.63, 3.8) is 0 Å². The van der Waals surface area contributed by atoms with Crippen molar-refractivity contribution in [2.24, 2.45) is 4.99 Å². The Morgan fingerprint density at radius 3 is 2.42 bits per heavy atom. The van der Waals surface area contributed by atoms with Gasteiger partial charge in [0.05, 0.1) is 17.6 Å². The molecule has 0 amide bonds. The minimum Gasteiger partial charge on any atom is -0.234 e. The monoisotopic (exact) mass is 269 g/mol. The van der Waals surface area contributed by atoms with E-state index in [0.29, 0.717) is 11.5 Å². The smallest absolute Gasteiger partial charge is 0.159 e. The van der Waals surface area contributed by atoms with Crippen molar-refractivity contribution < 1.29 is 0 Å². The molecule has 1 heterocycles. The van der Waals surface area contributed by atoms with Crippen LogP contribution < -0.4 is 0 Å². The number of hydrogen-bond donors (Lipinski definition) is 0. The molecule has 0 aliphatic heterocycles. The SMILES string of the molecule is CCCCc1ccc(-c2ncc(N=C=S)cn2)cc1. The largest absolute Gasteiger partial charge is 0.234 e. The van der Waals surface area contributed by atoms with Crippen LogP contribution in [0.5, 0.6) is 0 Å². The van der Waals surface area contributed by atoms with Gasteiger partial charge in [-0.15, -0.1) is 0 Å². The number of thiocarbonyl (C=S) groups is 1. The molecule has 0 aliphatic rings. The van der Waals surface area contributed by atoms with Crippen molar-refractivity contribution in [1.82, 2.24) is 9.97 Å². The number of aryl methyl sites for hydroxylation is 1. The molecule has 0 fully saturated rings. The molecule has 19 heavy (non-hydrogen) atoms. The molecule has 0 saturated carbocycles. The van der Waals surface area contributed by atoms with Crippen molar-refractivity contribution >= 4 is 23.1 Å². The fourth-order valence-electron chi connectivity index (χ4n) is 1.78. The Labute approximate surface area is 118 Å². The average Bonchev–Trinajstić information content (AvgIpc) is 2.47. The van der Waals surface area contributed by atoms with Crippen molar-refractivity contribution in [2.75, 3.05) is 0 Å². The third kappa shape index (κ3) is 3.78. The summed E-state index contributed by atoms with van der Waals surface area (Å²) in [6.45, 7) is 2.20. The molecule has 0 atom stereocenters. The molecule has 0 aliphatic carbocycles. The molecule has 2 rings (SSSR count). The molecule has 0 spiro atoms. The minimum atomic E-state index is 0.623. The molecule has 0 bridgehead atoms. The van der Waals surface area contributed by atoms with Crippen LogP contribution in [0.25, 0.3) is 11.4 Å². The van der Waals surface area contributed by atoms with E-state index in [1.807, 2.05) is 0 Å². The first-order valence-corrected chi connectivity index (χ1v) is 6.73. The van der Waals surface area contributed by atoms with E-state index in [2.05, 4.69) is 63.5 Å². The number of aromatic nitrogens is 2. The maximum atomic E-state index is 4.54. The summed E-state index contributed by atoms with van der Waals surface area (Å²) in [4.78, 5) is 12.4. The molecule has 2 aromatic rings. The molecule has 3 nitrogen and oxygen atoms in total. The van der Waals surface area contributed by atoms with Gasteiger partial charge in [-0.1, -0.05) is 37.6 Å². The van der Waals surface area contributed by atoms with Crippen LogP contribution in [0, 0.1) is 0 Å². The van der Waals surface area contributed by atoms with Crippen LogP contribution in [0.4, 0.5) is 5.69 Å². The molecule has 0 saturated heterocycles. The molecule has 4 heteroatoms. The van der Waals surface area contributed by atoms with Gasteiger partial charge in [0.2, 0.25) is 0 Å². The van der Waals surface area contributed by atoms with Gasteiger partial charge in [0.1, 0.15) is 5.69 Å². The van der Waals surface area contributed by atoms with E-state index in [0.717, 1.165) is 12.0 Å². The van der Waals surface area contributed by atoms with Crippen LogP contribution in [0.1, 0.15) is 25.3 Å². The Morgan fingerprint density at radius 1 is 1.16 bits per heavy atom. The van der Waals surface area contributed by atoms with Crippen molar-refractivity contribution in [1.29, 1.82) is 0 Å². The Kier molecular flexibility index (Phi) is 4.90. The Morgan fingerprint density at radius 2 is 1.84 bits per heavy atom. The fourth-order valence-corrected chi connectivity index (χ4v) is 1.89. The quantitative estimate of drug-likeness (QED) is 0.602. The second-order valence-corrected chi connectivity index (χ2v) is 4.45. The van der Waals surface area contributed by atoms with Gasteiger partial charge in [0, 0.05) is 5.56 Å². The lowest BCUT2D eigenvalue weighted by Gasteiger charge is -2.03. The predicted octanol–water partition coefficient (Wildman–Crippen LogP) is 4.22. The van der Waals surface area contributed by atoms with Gasteiger partial charge >= 0.3 is 0 Å². The fraction of sp³-hybridized carbons (Fsp3) is 0.267. The molecule has 0 unspecified atom stereocenters. The van der Waals surface area contributed by atoms with Crippen LogP contribution in [-0.2, 0) is 6.42 Å². The lowest BCUT2D eigenvalue weighted by atomic mass is 10.1. The lowest BCUT2D eigenvalue weighted by molar-refractivity contribution is 0.795. The van der Waals surface area contributed by atoms with E-state index in [1.165, 1.54) is 18.4 Å². The van der Waals surface area contributed by atoms with Crippen LogP contribution in [0.15, 0.2) is 41.7 Å². The third-order valence-corrected chi connectivity index (χ3v) is 2.94. The molecule has 1 aromatic carbocycles. The van der Waals surface area contributed by atoms with Crippen LogP contribution in [0.3, 0.4) is 0 Å². The van der Waals surface area contributed by atoms with Gasteiger partial charge in [-0.05, 0) is 30.6 Å². The number of aliphatic imine (C=N–C) groups is 1. The Bertz CT molecular complexity index is 569. The molecular weight excluding hydrogens is 254 g/mol. The predicted molar refractivity (Wildman–Crippen MR) is 80.8 cm³/mol. The van der Waals surface area contributed by atoms with Gasteiger partial charge in [-0.3, -0.25) is 0 Å². The third-order valence-electron chi connectivity index (χ3n) is 2.84. The molecule has 1 aromatic heterocycles. The van der Waals surface area contributed by atoms with Crippen molar-refractivity contribution in [3.8, 4) is 11.4 Å². The van der Waals surface area contributed by atoms with Crippen LogP contribution in [0.2, 0.25) is 0 Å². The zero-order chi connectivity index (χ0) is 13.5. The molecule has 96 valence electrons. The number of isothiocyanates is 1. The second-order valence-electron chi connectivity index (χ2n) is 4.27. The summed E-state index contributed by atoms with van der Waals surface area (Å²) in [5.41, 5.74) is 2.99. The highest BCUT2D eigenvalue weighted by Gasteiger charge is 2.01. The number of rotatable bonds is 5. The number of hydrogen-bond acceptors (Lipinski definition) is 4. The first kappa shape index (κ1) is 13.5. The zero-order valence-corrected chi connectivity index (χ0v) is 11.7. The van der Waals surface area contributed by atoms with Gasteiger partial charge in [0.15, 0.2) is 5.82 Å². The van der Waals surface area contributed by atoms with E-state index in [4.69, 9.17) is 0 Å². The summed E-state index contributed by atoms with van der Waals surface area (Å²) in [5.74, 6) is 0.699. The topological polar surface area (TPSA) is 38.1 Å². The van der Waals surface area contributed by atoms with Crippen molar-refractivity contribution in [3.05, 3.63) is 42.2 Å². The van der Waals surface area contributed by atoms with Gasteiger partial charge < -0.3 is 0 Å². The number of unbranched alkanes of at least 4 members (excludes halogenated alkanes) is 1. The van der Waals surface area contributed by atoms with Crippen molar-refractivity contribution in [2.45, 2.75) is 26.2 Å². The van der Waals surface area contributed by atoms with Gasteiger partial charge in [-0.25, -0.2) is 9.97 Å². The van der Waals surface area contributed by atoms with E-state index in [9.17, 15) is 0 Å². The first-order valence-electron chi connectivity index (χ1n) is 6.32. The number of nitrogens with zero attached hydrogens (tertiary/aromatic N) is 3. The average molecular weight is 269 g/mol. The van der Waals surface area contributed by atoms with E-state index >= 15 is 0 Å². The Balaban J connectivity index is 2.15. The van der Waals surface area contributed by atoms with E-state index in [-0.39, 0.29) is 0 Å².